The molecule has 1 aromatic rings. The normalized spacial score (nSPS) is 20.6. The molecule has 18 heavy (non-hydrogen) atoms. The lowest BCUT2D eigenvalue weighted by molar-refractivity contribution is -0.384. The van der Waals surface area contributed by atoms with Crippen molar-refractivity contribution in [3.63, 3.8) is 0 Å². The van der Waals surface area contributed by atoms with Gasteiger partial charge in [-0.3, -0.25) is 10.1 Å². The van der Waals surface area contributed by atoms with Gasteiger partial charge >= 0.3 is 0 Å². The zero-order valence-corrected chi connectivity index (χ0v) is 10.6. The molecule has 2 heterocycles. The summed E-state index contributed by atoms with van der Waals surface area (Å²) in [6.07, 6.45) is 1.93. The Hall–Kier alpha value is -1.37. The first-order chi connectivity index (χ1) is 8.63. The Morgan fingerprint density at radius 3 is 2.72 bits per heavy atom. The fourth-order valence-corrected chi connectivity index (χ4v) is 3.12. The second-order valence-corrected chi connectivity index (χ2v) is 4.99. The van der Waals surface area contributed by atoms with Crippen molar-refractivity contribution in [1.29, 1.82) is 0 Å². The van der Waals surface area contributed by atoms with Gasteiger partial charge in [-0.2, -0.15) is 0 Å². The van der Waals surface area contributed by atoms with Crippen molar-refractivity contribution in [3.8, 4) is 0 Å². The minimum Gasteiger partial charge on any atom is -0.370 e. The fraction of sp³-hybridized carbons (Fsp3) is 0.333. The van der Waals surface area contributed by atoms with Crippen LogP contribution in [0.25, 0.3) is 6.08 Å². The number of rotatable bonds is 1. The summed E-state index contributed by atoms with van der Waals surface area (Å²) in [6.45, 7) is 3.04. The number of morpholine rings is 1. The zero-order chi connectivity index (χ0) is 12.8. The van der Waals surface area contributed by atoms with E-state index in [4.69, 9.17) is 4.74 Å². The first-order valence-electron chi connectivity index (χ1n) is 5.78. The number of non-ortho nitro benzene ring substituents is 1. The molecule has 2 aliphatic heterocycles. The number of hydrogen-bond donors (Lipinski definition) is 1. The van der Waals surface area contributed by atoms with E-state index in [-0.39, 0.29) is 10.6 Å². The van der Waals surface area contributed by atoms with Crippen LogP contribution in [-0.2, 0) is 4.74 Å². The molecule has 0 atom stereocenters. The molecule has 0 aromatic heterocycles. The molecule has 0 amide bonds. The van der Waals surface area contributed by atoms with E-state index in [2.05, 4.69) is 12.6 Å². The number of hydrogen-bond acceptors (Lipinski definition) is 4. The third kappa shape index (κ3) is 1.57. The van der Waals surface area contributed by atoms with E-state index >= 15 is 0 Å². The van der Waals surface area contributed by atoms with E-state index in [0.717, 1.165) is 29.4 Å². The molecule has 3 rings (SSSR count). The Labute approximate surface area is 110 Å². The van der Waals surface area contributed by atoms with Gasteiger partial charge in [0.1, 0.15) is 18.8 Å². The zero-order valence-electron chi connectivity index (χ0n) is 9.70. The van der Waals surface area contributed by atoms with E-state index in [0.29, 0.717) is 17.7 Å². The average Bonchev–Trinajstić information content (AvgIpc) is 2.63. The predicted octanol–water partition coefficient (Wildman–Crippen LogP) is 2.17. The second-order valence-electron chi connectivity index (χ2n) is 4.53. The van der Waals surface area contributed by atoms with Crippen LogP contribution in [0.15, 0.2) is 23.2 Å². The Morgan fingerprint density at radius 2 is 2.06 bits per heavy atom. The van der Waals surface area contributed by atoms with Crippen LogP contribution in [0.4, 0.5) is 11.4 Å². The van der Waals surface area contributed by atoms with E-state index in [1.807, 2.05) is 12.1 Å². The molecule has 0 saturated carbocycles. The largest absolute Gasteiger partial charge is 0.370 e. The molecule has 0 N–H and O–H groups in total. The summed E-state index contributed by atoms with van der Waals surface area (Å²) in [5.74, 6) is 0. The summed E-state index contributed by atoms with van der Waals surface area (Å²) in [5, 5.41) is 11.7. The molecule has 2 aliphatic rings. The quantitative estimate of drug-likeness (QED) is 0.366. The smallest absolute Gasteiger partial charge is 0.270 e. The molecule has 5 nitrogen and oxygen atoms in total. The summed E-state index contributed by atoms with van der Waals surface area (Å²) in [6, 6.07) is 5.03. The Morgan fingerprint density at radius 1 is 1.33 bits per heavy atom. The fourth-order valence-electron chi connectivity index (χ4n) is 2.67. The molecule has 0 unspecified atom stereocenters. The van der Waals surface area contributed by atoms with Gasteiger partial charge in [-0.05, 0) is 0 Å². The lowest BCUT2D eigenvalue weighted by Crippen LogP contribution is -2.53. The first-order valence-corrected chi connectivity index (χ1v) is 6.23. The molecule has 6 heteroatoms. The van der Waals surface area contributed by atoms with Crippen molar-refractivity contribution < 1.29 is 9.66 Å². The number of ether oxygens (including phenoxy) is 1. The van der Waals surface area contributed by atoms with Crippen LogP contribution < -0.4 is 4.48 Å². The number of fused-ring (bicyclic) bond motifs is 2. The van der Waals surface area contributed by atoms with E-state index in [1.165, 1.54) is 0 Å². The SMILES string of the molecule is O=[N+]([O-])c1ccc2c(c1)C=C(S)[N+]21CCOCC1. The molecule has 0 bridgehead atoms. The van der Waals surface area contributed by atoms with Crippen LogP contribution in [0.5, 0.6) is 0 Å². The molecule has 94 valence electrons. The van der Waals surface area contributed by atoms with E-state index in [9.17, 15) is 10.1 Å². The third-order valence-corrected chi connectivity index (χ3v) is 4.15. The molecule has 1 saturated heterocycles. The topological polar surface area (TPSA) is 52.4 Å². The van der Waals surface area contributed by atoms with Crippen LogP contribution in [0.1, 0.15) is 5.56 Å². The number of nitro benzene ring substituents is 1. The maximum Gasteiger partial charge on any atom is 0.270 e. The first kappa shape index (κ1) is 11.7. The van der Waals surface area contributed by atoms with Crippen molar-refractivity contribution >= 4 is 30.1 Å². The Kier molecular flexibility index (Phi) is 2.65. The average molecular weight is 265 g/mol. The number of nitro groups is 1. The third-order valence-electron chi connectivity index (χ3n) is 3.64. The van der Waals surface area contributed by atoms with Crippen molar-refractivity contribution in [1.82, 2.24) is 4.48 Å². The number of quaternary nitrogens is 1. The Bertz CT molecular complexity index is 550. The number of benzene rings is 1. The predicted molar refractivity (Wildman–Crippen MR) is 72.4 cm³/mol. The van der Waals surface area contributed by atoms with Gasteiger partial charge in [0.2, 0.25) is 0 Å². The van der Waals surface area contributed by atoms with Crippen LogP contribution >= 0.6 is 12.6 Å². The second kappa shape index (κ2) is 4.08. The van der Waals surface area contributed by atoms with Gasteiger partial charge in [0, 0.05) is 29.8 Å². The van der Waals surface area contributed by atoms with Crippen LogP contribution in [0.2, 0.25) is 0 Å². The maximum atomic E-state index is 10.8. The van der Waals surface area contributed by atoms with Crippen LogP contribution in [-0.4, -0.2) is 31.2 Å². The molecular weight excluding hydrogens is 252 g/mol. The Balaban J connectivity index is 2.09. The highest BCUT2D eigenvalue weighted by atomic mass is 32.1. The molecule has 1 aromatic carbocycles. The minimum absolute atomic E-state index is 0.124. The summed E-state index contributed by atoms with van der Waals surface area (Å²) in [5.41, 5.74) is 2.12. The summed E-state index contributed by atoms with van der Waals surface area (Å²) in [7, 11) is 0. The van der Waals surface area contributed by atoms with Crippen LogP contribution in [0.3, 0.4) is 0 Å². The molecule has 0 radical (unpaired) electrons. The minimum atomic E-state index is -0.367. The van der Waals surface area contributed by atoms with Gasteiger partial charge in [0.25, 0.3) is 5.69 Å². The number of nitrogens with zero attached hydrogens (tertiary/aromatic N) is 2. The van der Waals surface area contributed by atoms with Gasteiger partial charge < -0.3 is 4.74 Å². The van der Waals surface area contributed by atoms with Crippen molar-refractivity contribution in [3.05, 3.63) is 38.9 Å². The van der Waals surface area contributed by atoms with Gasteiger partial charge in [-0.15, -0.1) is 0 Å². The molecule has 1 fully saturated rings. The van der Waals surface area contributed by atoms with Gasteiger partial charge in [0.05, 0.1) is 18.1 Å². The van der Waals surface area contributed by atoms with E-state index < -0.39 is 0 Å². The summed E-state index contributed by atoms with van der Waals surface area (Å²) in [4.78, 5) is 10.4. The van der Waals surface area contributed by atoms with Crippen LogP contribution in [0, 0.1) is 10.1 Å². The van der Waals surface area contributed by atoms with Crippen molar-refractivity contribution in [2.45, 2.75) is 0 Å². The number of thiol groups is 1. The monoisotopic (exact) mass is 265 g/mol. The molecular formula is C12H13N2O3S+. The maximum absolute atomic E-state index is 10.8. The lowest BCUT2D eigenvalue weighted by Gasteiger charge is -2.37. The summed E-state index contributed by atoms with van der Waals surface area (Å²) >= 11 is 4.56. The van der Waals surface area contributed by atoms with E-state index in [1.54, 1.807) is 12.1 Å². The van der Waals surface area contributed by atoms with Gasteiger partial charge in [0.15, 0.2) is 5.03 Å². The highest BCUT2D eigenvalue weighted by Gasteiger charge is 2.42. The van der Waals surface area contributed by atoms with Crippen molar-refractivity contribution in [2.75, 3.05) is 26.3 Å². The standard InChI is InChI=1S/C12H12N2O3S/c15-13(16)10-1-2-11-9(7-10)8-12(18)14(11)3-5-17-6-4-14/h1-2,7-8H,3-6H2/p+1. The highest BCUT2D eigenvalue weighted by Crippen LogP contribution is 2.43. The summed E-state index contributed by atoms with van der Waals surface area (Å²) < 4.78 is 6.06. The van der Waals surface area contributed by atoms with Gasteiger partial charge in [-0.1, -0.05) is 12.6 Å². The van der Waals surface area contributed by atoms with Crippen molar-refractivity contribution in [2.24, 2.45) is 0 Å². The molecule has 1 spiro atoms. The molecule has 0 aliphatic carbocycles. The van der Waals surface area contributed by atoms with Gasteiger partial charge in [-0.25, -0.2) is 4.48 Å². The lowest BCUT2D eigenvalue weighted by atomic mass is 10.1. The highest BCUT2D eigenvalue weighted by molar-refractivity contribution is 7.84.